The summed E-state index contributed by atoms with van der Waals surface area (Å²) < 4.78 is 5.11. The third-order valence-corrected chi connectivity index (χ3v) is 4.10. The van der Waals surface area contributed by atoms with Crippen LogP contribution in [0.2, 0.25) is 0 Å². The number of hydrogen-bond donors (Lipinski definition) is 1. The quantitative estimate of drug-likeness (QED) is 0.812. The fraction of sp³-hybridized carbons (Fsp3) is 0.471. The van der Waals surface area contributed by atoms with Crippen LogP contribution in [-0.4, -0.2) is 54.3 Å². The molecule has 0 saturated carbocycles. The van der Waals surface area contributed by atoms with E-state index in [1.165, 1.54) is 6.92 Å². The van der Waals surface area contributed by atoms with Crippen molar-refractivity contribution in [2.75, 3.05) is 26.7 Å². The number of nitrogens with two attached hydrogens (primary N) is 1. The lowest BCUT2D eigenvalue weighted by Gasteiger charge is -2.22. The summed E-state index contributed by atoms with van der Waals surface area (Å²) in [7, 11) is 1.59. The van der Waals surface area contributed by atoms with E-state index in [0.29, 0.717) is 13.1 Å². The molecule has 1 unspecified atom stereocenters. The van der Waals surface area contributed by atoms with Gasteiger partial charge in [0.15, 0.2) is 0 Å². The fourth-order valence-corrected chi connectivity index (χ4v) is 2.81. The average molecular weight is 333 g/mol. The van der Waals surface area contributed by atoms with Crippen molar-refractivity contribution in [3.8, 4) is 5.75 Å². The van der Waals surface area contributed by atoms with E-state index in [1.807, 2.05) is 24.3 Å². The maximum atomic E-state index is 12.5. The molecule has 7 nitrogen and oxygen atoms in total. The minimum atomic E-state index is -0.494. The van der Waals surface area contributed by atoms with E-state index in [9.17, 15) is 14.4 Å². The Bertz CT molecular complexity index is 615. The lowest BCUT2D eigenvalue weighted by Crippen LogP contribution is -2.43. The summed E-state index contributed by atoms with van der Waals surface area (Å²) >= 11 is 0. The SMILES string of the molecule is COc1ccc(CN2CC(C(=O)N(CCN)C(C)=O)CC2=O)cc1. The molecule has 0 spiro atoms. The van der Waals surface area contributed by atoms with E-state index in [0.717, 1.165) is 16.2 Å². The van der Waals surface area contributed by atoms with Gasteiger partial charge in [-0.05, 0) is 17.7 Å². The zero-order valence-corrected chi connectivity index (χ0v) is 14.0. The third kappa shape index (κ3) is 4.11. The first-order chi connectivity index (χ1) is 11.5. The minimum Gasteiger partial charge on any atom is -0.497 e. The van der Waals surface area contributed by atoms with Crippen LogP contribution in [-0.2, 0) is 20.9 Å². The van der Waals surface area contributed by atoms with E-state index in [-0.39, 0.29) is 37.2 Å². The average Bonchev–Trinajstić information content (AvgIpc) is 2.93. The molecule has 1 atom stereocenters. The molecule has 2 rings (SSSR count). The van der Waals surface area contributed by atoms with Crippen molar-refractivity contribution in [3.63, 3.8) is 0 Å². The number of hydrogen-bond acceptors (Lipinski definition) is 5. The molecule has 0 aliphatic carbocycles. The highest BCUT2D eigenvalue weighted by Crippen LogP contribution is 2.23. The van der Waals surface area contributed by atoms with Gasteiger partial charge in [0.25, 0.3) is 0 Å². The molecule has 1 saturated heterocycles. The van der Waals surface area contributed by atoms with Gasteiger partial charge in [0.05, 0.1) is 13.0 Å². The maximum absolute atomic E-state index is 12.5. The summed E-state index contributed by atoms with van der Waals surface area (Å²) in [4.78, 5) is 39.0. The topological polar surface area (TPSA) is 92.9 Å². The van der Waals surface area contributed by atoms with E-state index < -0.39 is 5.92 Å². The van der Waals surface area contributed by atoms with Crippen LogP contribution in [0.3, 0.4) is 0 Å². The van der Waals surface area contributed by atoms with Crippen molar-refractivity contribution in [1.82, 2.24) is 9.80 Å². The highest BCUT2D eigenvalue weighted by atomic mass is 16.5. The monoisotopic (exact) mass is 333 g/mol. The van der Waals surface area contributed by atoms with E-state index >= 15 is 0 Å². The number of rotatable bonds is 6. The molecule has 1 aromatic rings. The Labute approximate surface area is 141 Å². The van der Waals surface area contributed by atoms with Gasteiger partial charge in [-0.15, -0.1) is 0 Å². The van der Waals surface area contributed by atoms with E-state index in [2.05, 4.69) is 0 Å². The van der Waals surface area contributed by atoms with Crippen LogP contribution in [0.25, 0.3) is 0 Å². The Hall–Kier alpha value is -2.41. The molecule has 0 bridgehead atoms. The molecule has 0 radical (unpaired) electrons. The maximum Gasteiger partial charge on any atom is 0.234 e. The second-order valence-electron chi connectivity index (χ2n) is 5.82. The van der Waals surface area contributed by atoms with Crippen LogP contribution < -0.4 is 10.5 Å². The van der Waals surface area contributed by atoms with Crippen molar-refractivity contribution >= 4 is 17.7 Å². The van der Waals surface area contributed by atoms with Crippen molar-refractivity contribution in [3.05, 3.63) is 29.8 Å². The zero-order chi connectivity index (χ0) is 17.7. The number of nitrogens with zero attached hydrogens (tertiary/aromatic N) is 2. The molecule has 1 heterocycles. The standard InChI is InChI=1S/C17H23N3O4/c1-12(21)20(8-7-18)17(23)14-9-16(22)19(11-14)10-13-3-5-15(24-2)6-4-13/h3-6,14H,7-11,18H2,1-2H3. The van der Waals surface area contributed by atoms with Gasteiger partial charge in [-0.1, -0.05) is 12.1 Å². The number of methoxy groups -OCH3 is 1. The van der Waals surface area contributed by atoms with Gasteiger partial charge in [-0.25, -0.2) is 0 Å². The Morgan fingerprint density at radius 1 is 1.33 bits per heavy atom. The van der Waals surface area contributed by atoms with Crippen LogP contribution in [0, 0.1) is 5.92 Å². The summed E-state index contributed by atoms with van der Waals surface area (Å²) in [6.07, 6.45) is 0.128. The number of carbonyl (C=O) groups excluding carboxylic acids is 3. The molecule has 3 amide bonds. The summed E-state index contributed by atoms with van der Waals surface area (Å²) in [5.41, 5.74) is 6.41. The molecule has 24 heavy (non-hydrogen) atoms. The van der Waals surface area contributed by atoms with Gasteiger partial charge in [0.1, 0.15) is 5.75 Å². The molecular formula is C17H23N3O4. The number of benzene rings is 1. The van der Waals surface area contributed by atoms with Crippen molar-refractivity contribution in [1.29, 1.82) is 0 Å². The van der Waals surface area contributed by atoms with Gasteiger partial charge in [-0.3, -0.25) is 19.3 Å². The fourth-order valence-electron chi connectivity index (χ4n) is 2.81. The Morgan fingerprint density at radius 2 is 2.00 bits per heavy atom. The van der Waals surface area contributed by atoms with Gasteiger partial charge >= 0.3 is 0 Å². The Kier molecular flexibility index (Phi) is 5.92. The molecule has 1 aromatic carbocycles. The largest absolute Gasteiger partial charge is 0.497 e. The highest BCUT2D eigenvalue weighted by Gasteiger charge is 2.37. The van der Waals surface area contributed by atoms with Crippen molar-refractivity contribution < 1.29 is 19.1 Å². The summed E-state index contributed by atoms with van der Waals surface area (Å²) in [6, 6.07) is 7.43. The number of imide groups is 1. The minimum absolute atomic E-state index is 0.0829. The first-order valence-corrected chi connectivity index (χ1v) is 7.89. The number of carbonyl (C=O) groups is 3. The lowest BCUT2D eigenvalue weighted by atomic mass is 10.1. The summed E-state index contributed by atoms with van der Waals surface area (Å²) in [5.74, 6) is -0.491. The molecule has 130 valence electrons. The number of likely N-dealkylation sites (tertiary alicyclic amines) is 1. The van der Waals surface area contributed by atoms with Crippen molar-refractivity contribution in [2.45, 2.75) is 19.9 Å². The second kappa shape index (κ2) is 7.92. The molecule has 0 aromatic heterocycles. The summed E-state index contributed by atoms with van der Waals surface area (Å²) in [6.45, 7) is 2.47. The van der Waals surface area contributed by atoms with Crippen LogP contribution in [0.5, 0.6) is 5.75 Å². The molecule has 1 aliphatic rings. The normalized spacial score (nSPS) is 17.0. The van der Waals surface area contributed by atoms with Crippen LogP contribution in [0.1, 0.15) is 18.9 Å². The third-order valence-electron chi connectivity index (χ3n) is 4.10. The van der Waals surface area contributed by atoms with Gasteiger partial charge in [0, 0.05) is 39.5 Å². The predicted molar refractivity (Wildman–Crippen MR) is 88.0 cm³/mol. The zero-order valence-electron chi connectivity index (χ0n) is 14.0. The molecule has 1 aliphatic heterocycles. The Morgan fingerprint density at radius 3 is 2.54 bits per heavy atom. The van der Waals surface area contributed by atoms with Crippen molar-refractivity contribution in [2.24, 2.45) is 11.7 Å². The highest BCUT2D eigenvalue weighted by molar-refractivity contribution is 5.98. The van der Waals surface area contributed by atoms with E-state index in [4.69, 9.17) is 10.5 Å². The van der Waals surface area contributed by atoms with Crippen LogP contribution >= 0.6 is 0 Å². The first kappa shape index (κ1) is 17.9. The lowest BCUT2D eigenvalue weighted by molar-refractivity contribution is -0.146. The Balaban J connectivity index is 2.01. The summed E-state index contributed by atoms with van der Waals surface area (Å²) in [5, 5.41) is 0. The van der Waals surface area contributed by atoms with E-state index in [1.54, 1.807) is 12.0 Å². The van der Waals surface area contributed by atoms with Gasteiger partial charge < -0.3 is 15.4 Å². The number of amides is 3. The molecular weight excluding hydrogens is 310 g/mol. The molecule has 7 heteroatoms. The second-order valence-corrected chi connectivity index (χ2v) is 5.82. The van der Waals surface area contributed by atoms with Gasteiger partial charge in [0.2, 0.25) is 17.7 Å². The molecule has 2 N–H and O–H groups in total. The van der Waals surface area contributed by atoms with Crippen LogP contribution in [0.15, 0.2) is 24.3 Å². The predicted octanol–water partition coefficient (Wildman–Crippen LogP) is 0.378. The molecule has 1 fully saturated rings. The number of ether oxygens (including phenoxy) is 1. The smallest absolute Gasteiger partial charge is 0.234 e. The van der Waals surface area contributed by atoms with Gasteiger partial charge in [-0.2, -0.15) is 0 Å². The first-order valence-electron chi connectivity index (χ1n) is 7.89. The van der Waals surface area contributed by atoms with Crippen LogP contribution in [0.4, 0.5) is 0 Å².